The van der Waals surface area contributed by atoms with E-state index in [-0.39, 0.29) is 5.56 Å². The standard InChI is InChI=1S/C12H12F2N2/c1-9-15-6-7-16(9)8-10-2-4-11(5-3-10)12(13)14/h2-7,12H,8H2,1H3. The van der Waals surface area contributed by atoms with E-state index in [1.54, 1.807) is 18.3 Å². The fraction of sp³-hybridized carbons (Fsp3) is 0.250. The van der Waals surface area contributed by atoms with Gasteiger partial charge in [-0.05, 0) is 12.5 Å². The molecule has 0 aliphatic carbocycles. The molecule has 0 atom stereocenters. The van der Waals surface area contributed by atoms with Crippen LogP contribution in [0.15, 0.2) is 36.7 Å². The molecular weight excluding hydrogens is 210 g/mol. The van der Waals surface area contributed by atoms with Crippen molar-refractivity contribution in [3.8, 4) is 0 Å². The minimum Gasteiger partial charge on any atom is -0.331 e. The molecule has 1 aromatic carbocycles. The summed E-state index contributed by atoms with van der Waals surface area (Å²) in [5.74, 6) is 0.915. The number of rotatable bonds is 3. The predicted octanol–water partition coefficient (Wildman–Crippen LogP) is 3.18. The Hall–Kier alpha value is -1.71. The summed E-state index contributed by atoms with van der Waals surface area (Å²) in [5.41, 5.74) is 1.05. The molecule has 0 unspecified atom stereocenters. The summed E-state index contributed by atoms with van der Waals surface area (Å²) >= 11 is 0. The van der Waals surface area contributed by atoms with Crippen molar-refractivity contribution in [2.45, 2.75) is 19.9 Å². The van der Waals surface area contributed by atoms with Crippen molar-refractivity contribution < 1.29 is 8.78 Å². The molecule has 4 heteroatoms. The van der Waals surface area contributed by atoms with E-state index in [1.165, 1.54) is 12.1 Å². The molecule has 0 fully saturated rings. The largest absolute Gasteiger partial charge is 0.331 e. The van der Waals surface area contributed by atoms with Crippen molar-refractivity contribution in [3.05, 3.63) is 53.6 Å². The SMILES string of the molecule is Cc1nccn1Cc1ccc(C(F)F)cc1. The predicted molar refractivity (Wildman–Crippen MR) is 57.5 cm³/mol. The highest BCUT2D eigenvalue weighted by Gasteiger charge is 2.06. The highest BCUT2D eigenvalue weighted by Crippen LogP contribution is 2.19. The molecule has 0 saturated carbocycles. The molecular formula is C12H12F2N2. The third-order valence-corrected chi connectivity index (χ3v) is 2.51. The number of halogens is 2. The Balaban J connectivity index is 2.14. The summed E-state index contributed by atoms with van der Waals surface area (Å²) in [4.78, 5) is 4.10. The molecule has 2 nitrogen and oxygen atoms in total. The second-order valence-electron chi connectivity index (χ2n) is 3.64. The van der Waals surface area contributed by atoms with Crippen LogP contribution in [-0.4, -0.2) is 9.55 Å². The van der Waals surface area contributed by atoms with E-state index in [0.717, 1.165) is 11.4 Å². The van der Waals surface area contributed by atoms with Gasteiger partial charge in [-0.2, -0.15) is 0 Å². The van der Waals surface area contributed by atoms with E-state index >= 15 is 0 Å². The van der Waals surface area contributed by atoms with E-state index in [1.807, 2.05) is 17.7 Å². The van der Waals surface area contributed by atoms with Gasteiger partial charge in [-0.15, -0.1) is 0 Å². The molecule has 1 heterocycles. The zero-order chi connectivity index (χ0) is 11.5. The summed E-state index contributed by atoms with van der Waals surface area (Å²) < 4.78 is 26.6. The monoisotopic (exact) mass is 222 g/mol. The smallest absolute Gasteiger partial charge is 0.263 e. The Bertz CT molecular complexity index is 460. The van der Waals surface area contributed by atoms with Crippen molar-refractivity contribution in [1.82, 2.24) is 9.55 Å². The molecule has 0 amide bonds. The van der Waals surface area contributed by atoms with Crippen LogP contribution in [0.5, 0.6) is 0 Å². The van der Waals surface area contributed by atoms with Gasteiger partial charge < -0.3 is 4.57 Å². The maximum Gasteiger partial charge on any atom is 0.263 e. The topological polar surface area (TPSA) is 17.8 Å². The minimum atomic E-state index is -2.40. The van der Waals surface area contributed by atoms with Gasteiger partial charge in [-0.1, -0.05) is 24.3 Å². The summed E-state index contributed by atoms with van der Waals surface area (Å²) in [6.45, 7) is 2.57. The number of hydrogen-bond acceptors (Lipinski definition) is 1. The summed E-state index contributed by atoms with van der Waals surface area (Å²) in [6.07, 6.45) is 1.20. The molecule has 0 bridgehead atoms. The molecule has 0 aliphatic heterocycles. The van der Waals surface area contributed by atoms with Crippen LogP contribution in [0.1, 0.15) is 23.4 Å². The molecule has 16 heavy (non-hydrogen) atoms. The lowest BCUT2D eigenvalue weighted by Gasteiger charge is -2.06. The Kier molecular flexibility index (Phi) is 2.99. The van der Waals surface area contributed by atoms with Crippen molar-refractivity contribution in [2.24, 2.45) is 0 Å². The van der Waals surface area contributed by atoms with Crippen LogP contribution >= 0.6 is 0 Å². The van der Waals surface area contributed by atoms with Crippen LogP contribution in [-0.2, 0) is 6.54 Å². The zero-order valence-electron chi connectivity index (χ0n) is 8.90. The second-order valence-corrected chi connectivity index (χ2v) is 3.64. The summed E-state index contributed by atoms with van der Waals surface area (Å²) in [7, 11) is 0. The van der Waals surface area contributed by atoms with Crippen molar-refractivity contribution >= 4 is 0 Å². The normalized spacial score (nSPS) is 11.0. The number of benzene rings is 1. The van der Waals surface area contributed by atoms with Crippen LogP contribution in [0, 0.1) is 6.92 Å². The lowest BCUT2D eigenvalue weighted by molar-refractivity contribution is 0.151. The Morgan fingerprint density at radius 3 is 2.44 bits per heavy atom. The molecule has 0 N–H and O–H groups in total. The first-order chi connectivity index (χ1) is 7.66. The van der Waals surface area contributed by atoms with Crippen LogP contribution in [0.4, 0.5) is 8.78 Å². The third kappa shape index (κ3) is 2.27. The lowest BCUT2D eigenvalue weighted by Crippen LogP contribution is -2.00. The van der Waals surface area contributed by atoms with Gasteiger partial charge in [0, 0.05) is 24.5 Å². The first-order valence-electron chi connectivity index (χ1n) is 5.01. The average Bonchev–Trinajstić information content (AvgIpc) is 2.65. The third-order valence-electron chi connectivity index (χ3n) is 2.51. The van der Waals surface area contributed by atoms with Gasteiger partial charge in [0.2, 0.25) is 0 Å². The zero-order valence-corrected chi connectivity index (χ0v) is 8.90. The van der Waals surface area contributed by atoms with Gasteiger partial charge in [0.05, 0.1) is 0 Å². The van der Waals surface area contributed by atoms with Gasteiger partial charge in [0.1, 0.15) is 5.82 Å². The van der Waals surface area contributed by atoms with E-state index in [2.05, 4.69) is 4.98 Å². The molecule has 84 valence electrons. The summed E-state index contributed by atoms with van der Waals surface area (Å²) in [6, 6.07) is 6.38. The Labute approximate surface area is 92.6 Å². The fourth-order valence-corrected chi connectivity index (χ4v) is 1.54. The van der Waals surface area contributed by atoms with E-state index in [0.29, 0.717) is 6.54 Å². The number of nitrogens with zero attached hydrogens (tertiary/aromatic N) is 2. The van der Waals surface area contributed by atoms with Gasteiger partial charge >= 0.3 is 0 Å². The minimum absolute atomic E-state index is 0.0612. The van der Waals surface area contributed by atoms with E-state index in [9.17, 15) is 8.78 Å². The average molecular weight is 222 g/mol. The first-order valence-corrected chi connectivity index (χ1v) is 5.01. The maximum atomic E-state index is 12.3. The number of aryl methyl sites for hydroxylation is 1. The number of alkyl halides is 2. The van der Waals surface area contributed by atoms with Crippen LogP contribution in [0.3, 0.4) is 0 Å². The number of aromatic nitrogens is 2. The molecule has 1 aromatic heterocycles. The first kappa shape index (κ1) is 10.8. The van der Waals surface area contributed by atoms with E-state index < -0.39 is 6.43 Å². The maximum absolute atomic E-state index is 12.3. The Morgan fingerprint density at radius 2 is 1.94 bits per heavy atom. The number of imidazole rings is 1. The second kappa shape index (κ2) is 4.43. The highest BCUT2D eigenvalue weighted by molar-refractivity contribution is 5.23. The van der Waals surface area contributed by atoms with Gasteiger partial charge in [-0.3, -0.25) is 0 Å². The van der Waals surface area contributed by atoms with Crippen LogP contribution in [0.25, 0.3) is 0 Å². The Morgan fingerprint density at radius 1 is 1.25 bits per heavy atom. The quantitative estimate of drug-likeness (QED) is 0.779. The molecule has 0 radical (unpaired) electrons. The molecule has 0 spiro atoms. The lowest BCUT2D eigenvalue weighted by atomic mass is 10.1. The van der Waals surface area contributed by atoms with Gasteiger partial charge in [0.25, 0.3) is 6.43 Å². The van der Waals surface area contributed by atoms with Crippen LogP contribution < -0.4 is 0 Å². The summed E-state index contributed by atoms with van der Waals surface area (Å²) in [5, 5.41) is 0. The molecule has 0 saturated heterocycles. The molecule has 0 aliphatic rings. The van der Waals surface area contributed by atoms with Crippen LogP contribution in [0.2, 0.25) is 0 Å². The molecule has 2 rings (SSSR count). The van der Waals surface area contributed by atoms with Crippen molar-refractivity contribution in [1.29, 1.82) is 0 Å². The highest BCUT2D eigenvalue weighted by atomic mass is 19.3. The van der Waals surface area contributed by atoms with Crippen molar-refractivity contribution in [3.63, 3.8) is 0 Å². The van der Waals surface area contributed by atoms with Gasteiger partial charge in [-0.25, -0.2) is 13.8 Å². The number of hydrogen-bond donors (Lipinski definition) is 0. The van der Waals surface area contributed by atoms with Crippen molar-refractivity contribution in [2.75, 3.05) is 0 Å². The fourth-order valence-electron chi connectivity index (χ4n) is 1.54. The molecule has 2 aromatic rings. The van der Waals surface area contributed by atoms with E-state index in [4.69, 9.17) is 0 Å². The van der Waals surface area contributed by atoms with Gasteiger partial charge in [0.15, 0.2) is 0 Å².